The Morgan fingerprint density at radius 2 is 0.800 bits per heavy atom. The molecule has 8 aromatic carbocycles. The highest BCUT2D eigenvalue weighted by atomic mass is 19.2. The number of fused-ring (bicyclic) bond motifs is 2. The molecule has 0 N–H and O–H groups in total. The molecule has 0 unspecified atom stereocenters. The molecule has 0 aliphatic rings. The molecule has 0 aliphatic heterocycles. The van der Waals surface area contributed by atoms with E-state index in [0.717, 1.165) is 26.9 Å². The highest BCUT2D eigenvalue weighted by Crippen LogP contribution is 2.45. The molecule has 190 valence electrons. The molecule has 0 aliphatic carbocycles. The Morgan fingerprint density at radius 3 is 1.43 bits per heavy atom. The summed E-state index contributed by atoms with van der Waals surface area (Å²) in [4.78, 5) is 0. The molecule has 0 saturated heterocycles. The minimum atomic E-state index is -1.42. The first-order valence-electron chi connectivity index (χ1n) is 13.0. The van der Waals surface area contributed by atoms with Crippen molar-refractivity contribution in [1.29, 1.82) is 0 Å². The van der Waals surface area contributed by atoms with Gasteiger partial charge in [-0.1, -0.05) is 103 Å². The lowest BCUT2D eigenvalue weighted by molar-refractivity contribution is 0.463. The van der Waals surface area contributed by atoms with E-state index in [1.165, 1.54) is 6.07 Å². The normalized spacial score (nSPS) is 12.0. The predicted molar refractivity (Wildman–Crippen MR) is 156 cm³/mol. The second kappa shape index (κ2) is 8.27. The van der Waals surface area contributed by atoms with Gasteiger partial charge < -0.3 is 0 Å². The van der Waals surface area contributed by atoms with Crippen molar-refractivity contribution in [2.45, 2.75) is 0 Å². The molecule has 0 spiro atoms. The quantitative estimate of drug-likeness (QED) is 0.0910. The molecule has 0 nitrogen and oxygen atoms in total. The van der Waals surface area contributed by atoms with Crippen molar-refractivity contribution in [2.75, 3.05) is 0 Å². The van der Waals surface area contributed by atoms with Crippen LogP contribution in [0.1, 0.15) is 0 Å². The average Bonchev–Trinajstić information content (AvgIpc) is 2.99. The van der Waals surface area contributed by atoms with Gasteiger partial charge in [0.25, 0.3) is 0 Å². The molecule has 40 heavy (non-hydrogen) atoms. The zero-order valence-electron chi connectivity index (χ0n) is 20.9. The molecule has 0 fully saturated rings. The zero-order chi connectivity index (χ0) is 27.1. The lowest BCUT2D eigenvalue weighted by Gasteiger charge is -2.18. The summed E-state index contributed by atoms with van der Waals surface area (Å²) in [6.45, 7) is 0. The predicted octanol–water partition coefficient (Wildman–Crippen LogP) is 10.8. The van der Waals surface area contributed by atoms with Crippen molar-refractivity contribution >= 4 is 53.9 Å². The molecule has 0 radical (unpaired) electrons. The van der Waals surface area contributed by atoms with Crippen LogP contribution >= 0.6 is 0 Å². The summed E-state index contributed by atoms with van der Waals surface area (Å²) < 4.78 is 64.5. The summed E-state index contributed by atoms with van der Waals surface area (Å²) in [6, 6.07) is 32.8. The third-order valence-electron chi connectivity index (χ3n) is 8.08. The van der Waals surface area contributed by atoms with E-state index in [-0.39, 0.29) is 11.1 Å². The van der Waals surface area contributed by atoms with Crippen molar-refractivity contribution < 1.29 is 17.6 Å². The van der Waals surface area contributed by atoms with Crippen LogP contribution in [0.25, 0.3) is 76.1 Å². The fourth-order valence-corrected chi connectivity index (χ4v) is 6.32. The Bertz CT molecular complexity index is 2220. The Kier molecular flexibility index (Phi) is 4.75. The molecule has 8 rings (SSSR count). The van der Waals surface area contributed by atoms with Crippen LogP contribution in [0.2, 0.25) is 0 Å². The monoisotopic (exact) mass is 526 g/mol. The lowest BCUT2D eigenvalue weighted by Crippen LogP contribution is -2.04. The molecule has 4 heteroatoms. The van der Waals surface area contributed by atoms with Gasteiger partial charge >= 0.3 is 0 Å². The van der Waals surface area contributed by atoms with Crippen LogP contribution in [-0.2, 0) is 0 Å². The van der Waals surface area contributed by atoms with Gasteiger partial charge in [-0.25, -0.2) is 17.6 Å². The van der Waals surface area contributed by atoms with Crippen LogP contribution in [0.3, 0.4) is 0 Å². The highest BCUT2D eigenvalue weighted by Gasteiger charge is 2.30. The minimum Gasteiger partial charge on any atom is -0.203 e. The van der Waals surface area contributed by atoms with Gasteiger partial charge in [-0.3, -0.25) is 0 Å². The fraction of sp³-hybridized carbons (Fsp3) is 0. The van der Waals surface area contributed by atoms with Gasteiger partial charge in [-0.2, -0.15) is 0 Å². The maximum Gasteiger partial charge on any atom is 0.170 e. The standard InChI is InChI=1S/C36H18F4/c37-33-31(27-17-15-21-13-12-19-8-5-9-20-14-16-26(27)29(21)28(19)20)34(38)36(40)32(35(33)39)30-24-10-3-1-6-22(24)18-23-7-2-4-11-25(23)30/h1-18H. The van der Waals surface area contributed by atoms with Crippen LogP contribution < -0.4 is 0 Å². The highest BCUT2D eigenvalue weighted by molar-refractivity contribution is 6.25. The molecule has 0 atom stereocenters. The van der Waals surface area contributed by atoms with Crippen molar-refractivity contribution in [3.63, 3.8) is 0 Å². The molecule has 0 amide bonds. The van der Waals surface area contributed by atoms with E-state index in [1.807, 2.05) is 66.7 Å². The number of halogens is 4. The van der Waals surface area contributed by atoms with E-state index in [0.29, 0.717) is 26.9 Å². The minimum absolute atomic E-state index is 0.105. The number of hydrogen-bond acceptors (Lipinski definition) is 0. The molecule has 0 bridgehead atoms. The first-order valence-corrected chi connectivity index (χ1v) is 13.0. The van der Waals surface area contributed by atoms with Crippen LogP contribution in [0.4, 0.5) is 17.6 Å². The maximum absolute atomic E-state index is 16.1. The van der Waals surface area contributed by atoms with E-state index in [1.54, 1.807) is 36.4 Å². The second-order valence-corrected chi connectivity index (χ2v) is 10.2. The summed E-state index contributed by atoms with van der Waals surface area (Å²) in [5.41, 5.74) is -1.18. The molecule has 0 aromatic heterocycles. The number of rotatable bonds is 2. The van der Waals surface area contributed by atoms with E-state index in [4.69, 9.17) is 0 Å². The third-order valence-corrected chi connectivity index (χ3v) is 8.08. The van der Waals surface area contributed by atoms with E-state index in [9.17, 15) is 0 Å². The SMILES string of the molecule is Fc1c(F)c(-c2ccc3ccc4cccc5ccc2c3c45)c(F)c(F)c1-c1c2ccccc2cc2ccccc12. The molecule has 0 heterocycles. The fourth-order valence-electron chi connectivity index (χ4n) is 6.32. The first-order chi connectivity index (χ1) is 19.5. The Morgan fingerprint density at radius 1 is 0.325 bits per heavy atom. The Labute approximate surface area is 226 Å². The van der Waals surface area contributed by atoms with Gasteiger partial charge in [0.1, 0.15) is 0 Å². The van der Waals surface area contributed by atoms with Crippen LogP contribution in [0, 0.1) is 23.3 Å². The number of benzene rings is 8. The largest absolute Gasteiger partial charge is 0.203 e. The molecular weight excluding hydrogens is 508 g/mol. The zero-order valence-corrected chi connectivity index (χ0v) is 20.9. The van der Waals surface area contributed by atoms with Crippen LogP contribution in [0.5, 0.6) is 0 Å². The summed E-state index contributed by atoms with van der Waals surface area (Å²) in [5, 5.41) is 7.55. The second-order valence-electron chi connectivity index (χ2n) is 10.2. The van der Waals surface area contributed by atoms with Crippen molar-refractivity contribution in [3.8, 4) is 22.3 Å². The molecular formula is C36H18F4. The van der Waals surface area contributed by atoms with Gasteiger partial charge in [0.15, 0.2) is 23.3 Å². The maximum atomic E-state index is 16.1. The topological polar surface area (TPSA) is 0 Å². The van der Waals surface area contributed by atoms with Crippen LogP contribution in [-0.4, -0.2) is 0 Å². The molecule has 0 saturated carbocycles. The van der Waals surface area contributed by atoms with Crippen molar-refractivity contribution in [2.24, 2.45) is 0 Å². The van der Waals surface area contributed by atoms with E-state index in [2.05, 4.69) is 0 Å². The average molecular weight is 527 g/mol. The lowest BCUT2D eigenvalue weighted by atomic mass is 9.87. The van der Waals surface area contributed by atoms with Crippen LogP contribution in [0.15, 0.2) is 109 Å². The summed E-state index contributed by atoms with van der Waals surface area (Å²) in [7, 11) is 0. The van der Waals surface area contributed by atoms with Crippen molar-refractivity contribution in [1.82, 2.24) is 0 Å². The summed E-state index contributed by atoms with van der Waals surface area (Å²) >= 11 is 0. The van der Waals surface area contributed by atoms with Gasteiger partial charge in [-0.05, 0) is 65.5 Å². The summed E-state index contributed by atoms with van der Waals surface area (Å²) in [5.74, 6) is -5.66. The first kappa shape index (κ1) is 23.0. The number of hydrogen-bond donors (Lipinski definition) is 0. The Hall–Kier alpha value is -4.96. The smallest absolute Gasteiger partial charge is 0.170 e. The van der Waals surface area contributed by atoms with Crippen molar-refractivity contribution in [3.05, 3.63) is 132 Å². The third kappa shape index (κ3) is 3.02. The van der Waals surface area contributed by atoms with Gasteiger partial charge in [0.2, 0.25) is 0 Å². The Balaban J connectivity index is 1.48. The molecule has 8 aromatic rings. The van der Waals surface area contributed by atoms with Gasteiger partial charge in [0, 0.05) is 5.56 Å². The van der Waals surface area contributed by atoms with E-state index >= 15 is 17.6 Å². The van der Waals surface area contributed by atoms with E-state index < -0.39 is 34.4 Å². The van der Waals surface area contributed by atoms with Gasteiger partial charge in [-0.15, -0.1) is 0 Å². The van der Waals surface area contributed by atoms with Gasteiger partial charge in [0.05, 0.1) is 11.1 Å². The summed E-state index contributed by atoms with van der Waals surface area (Å²) in [6.07, 6.45) is 0.